The van der Waals surface area contributed by atoms with Crippen LogP contribution in [0.3, 0.4) is 0 Å². The van der Waals surface area contributed by atoms with Crippen molar-refractivity contribution in [1.29, 1.82) is 0 Å². The summed E-state index contributed by atoms with van der Waals surface area (Å²) >= 11 is 0. The van der Waals surface area contributed by atoms with Crippen molar-refractivity contribution in [2.75, 3.05) is 14.2 Å². The number of hydrogen-bond acceptors (Lipinski definition) is 3. The molecule has 0 saturated carbocycles. The van der Waals surface area contributed by atoms with Crippen molar-refractivity contribution in [3.8, 4) is 23.3 Å². The van der Waals surface area contributed by atoms with Crippen molar-refractivity contribution < 1.29 is 14.6 Å². The van der Waals surface area contributed by atoms with Crippen molar-refractivity contribution in [3.63, 3.8) is 0 Å². The third kappa shape index (κ3) is 4.27. The van der Waals surface area contributed by atoms with E-state index in [2.05, 4.69) is 17.9 Å². The zero-order chi connectivity index (χ0) is 15.1. The Morgan fingerprint density at radius 3 is 2.81 bits per heavy atom. The Hall–Kier alpha value is -1.92. The van der Waals surface area contributed by atoms with E-state index in [1.54, 1.807) is 14.2 Å². The average Bonchev–Trinajstić information content (AvgIpc) is 3.05. The number of ether oxygens (including phenoxy) is 2. The molecule has 1 aliphatic carbocycles. The number of benzene rings is 1. The van der Waals surface area contributed by atoms with Gasteiger partial charge in [-0.3, -0.25) is 0 Å². The first-order valence-electron chi connectivity index (χ1n) is 7.32. The minimum absolute atomic E-state index is 0.339. The Balaban J connectivity index is 1.95. The summed E-state index contributed by atoms with van der Waals surface area (Å²) in [7, 11) is 3.26. The molecule has 1 atom stereocenters. The summed E-state index contributed by atoms with van der Waals surface area (Å²) < 4.78 is 10.5. The van der Waals surface area contributed by atoms with Gasteiger partial charge in [0.15, 0.2) is 0 Å². The lowest BCUT2D eigenvalue weighted by atomic mass is 10.0. The molecule has 0 aliphatic heterocycles. The molecule has 112 valence electrons. The van der Waals surface area contributed by atoms with Crippen molar-refractivity contribution in [2.45, 2.75) is 38.2 Å². The summed E-state index contributed by atoms with van der Waals surface area (Å²) in [6, 6.07) is 5.56. The van der Waals surface area contributed by atoms with Crippen LogP contribution in [-0.4, -0.2) is 25.4 Å². The fourth-order valence-electron chi connectivity index (χ4n) is 2.46. The second-order valence-electron chi connectivity index (χ2n) is 5.09. The Bertz CT molecular complexity index is 564. The lowest BCUT2D eigenvalue weighted by Gasteiger charge is -2.09. The summed E-state index contributed by atoms with van der Waals surface area (Å²) in [5, 5.41) is 10.0. The summed E-state index contributed by atoms with van der Waals surface area (Å²) in [5.74, 6) is 7.71. The number of aliphatic hydroxyl groups is 1. The van der Waals surface area contributed by atoms with Crippen molar-refractivity contribution in [1.82, 2.24) is 0 Å². The standard InChI is InChI=1S/C18H22O3/c1-20-16-11-12-18(21-2)15(13-16)9-5-6-10-17(19)14-7-3-4-8-14/h7,11-13,17,19H,3-4,6,8,10H2,1-2H3. The van der Waals surface area contributed by atoms with E-state index in [1.807, 2.05) is 18.2 Å². The van der Waals surface area contributed by atoms with Crippen LogP contribution >= 0.6 is 0 Å². The third-order valence-electron chi connectivity index (χ3n) is 3.68. The van der Waals surface area contributed by atoms with Crippen molar-refractivity contribution >= 4 is 0 Å². The number of methoxy groups -OCH3 is 2. The first-order valence-corrected chi connectivity index (χ1v) is 7.32. The average molecular weight is 286 g/mol. The van der Waals surface area contributed by atoms with Crippen LogP contribution in [0.5, 0.6) is 11.5 Å². The zero-order valence-corrected chi connectivity index (χ0v) is 12.7. The minimum Gasteiger partial charge on any atom is -0.497 e. The summed E-state index contributed by atoms with van der Waals surface area (Å²) in [6.45, 7) is 0. The molecule has 1 unspecified atom stereocenters. The number of allylic oxidation sites excluding steroid dienone is 1. The molecule has 0 fully saturated rings. The Kier molecular flexibility index (Phi) is 5.71. The Labute approximate surface area is 126 Å². The highest BCUT2D eigenvalue weighted by Gasteiger charge is 2.13. The second kappa shape index (κ2) is 7.75. The van der Waals surface area contributed by atoms with E-state index in [0.717, 1.165) is 29.9 Å². The molecule has 0 amide bonds. The fraction of sp³-hybridized carbons (Fsp3) is 0.444. The molecule has 0 aromatic heterocycles. The van der Waals surface area contributed by atoms with E-state index in [0.29, 0.717) is 12.8 Å². The molecular formula is C18H22O3. The van der Waals surface area contributed by atoms with Crippen LogP contribution in [0.1, 0.15) is 37.7 Å². The van der Waals surface area contributed by atoms with Gasteiger partial charge in [-0.05, 0) is 49.5 Å². The predicted molar refractivity (Wildman–Crippen MR) is 83.6 cm³/mol. The molecule has 1 aromatic rings. The van der Waals surface area contributed by atoms with Crippen LogP contribution in [0, 0.1) is 11.8 Å². The van der Waals surface area contributed by atoms with Gasteiger partial charge < -0.3 is 14.6 Å². The topological polar surface area (TPSA) is 38.7 Å². The zero-order valence-electron chi connectivity index (χ0n) is 12.7. The molecule has 1 aliphatic rings. The van der Waals surface area contributed by atoms with Crippen LogP contribution in [0.25, 0.3) is 0 Å². The SMILES string of the molecule is COc1ccc(OC)c(C#CCCC(O)C2=CCCC2)c1. The van der Waals surface area contributed by atoms with Crippen molar-refractivity contribution in [2.24, 2.45) is 0 Å². The molecule has 1 N–H and O–H groups in total. The van der Waals surface area contributed by atoms with E-state index < -0.39 is 0 Å². The van der Waals surface area contributed by atoms with Gasteiger partial charge in [0, 0.05) is 6.42 Å². The Morgan fingerprint density at radius 1 is 1.29 bits per heavy atom. The number of aliphatic hydroxyl groups excluding tert-OH is 1. The van der Waals surface area contributed by atoms with E-state index in [9.17, 15) is 5.11 Å². The fourth-order valence-corrected chi connectivity index (χ4v) is 2.46. The maximum atomic E-state index is 10.0. The minimum atomic E-state index is -0.339. The van der Waals surface area contributed by atoms with E-state index in [1.165, 1.54) is 12.0 Å². The van der Waals surface area contributed by atoms with Gasteiger partial charge in [-0.25, -0.2) is 0 Å². The molecule has 3 nitrogen and oxygen atoms in total. The van der Waals surface area contributed by atoms with Crippen LogP contribution in [-0.2, 0) is 0 Å². The van der Waals surface area contributed by atoms with E-state index >= 15 is 0 Å². The molecule has 3 heteroatoms. The molecule has 0 radical (unpaired) electrons. The summed E-state index contributed by atoms with van der Waals surface area (Å²) in [6.07, 6.45) is 6.46. The van der Waals surface area contributed by atoms with E-state index in [4.69, 9.17) is 9.47 Å². The van der Waals surface area contributed by atoms with E-state index in [-0.39, 0.29) is 6.10 Å². The maximum absolute atomic E-state index is 10.0. The maximum Gasteiger partial charge on any atom is 0.134 e. The second-order valence-corrected chi connectivity index (χ2v) is 5.09. The number of hydrogen-bond donors (Lipinski definition) is 1. The van der Waals surface area contributed by atoms with Gasteiger partial charge in [0.05, 0.1) is 25.9 Å². The molecule has 0 heterocycles. The monoisotopic (exact) mass is 286 g/mol. The third-order valence-corrected chi connectivity index (χ3v) is 3.68. The van der Waals surface area contributed by atoms with Crippen LogP contribution in [0.2, 0.25) is 0 Å². The molecule has 0 bridgehead atoms. The molecular weight excluding hydrogens is 264 g/mol. The van der Waals surface area contributed by atoms with Gasteiger partial charge in [-0.2, -0.15) is 0 Å². The molecule has 1 aromatic carbocycles. The quantitative estimate of drug-likeness (QED) is 0.666. The van der Waals surface area contributed by atoms with Gasteiger partial charge >= 0.3 is 0 Å². The lowest BCUT2D eigenvalue weighted by Crippen LogP contribution is -2.08. The smallest absolute Gasteiger partial charge is 0.134 e. The highest BCUT2D eigenvalue weighted by atomic mass is 16.5. The number of rotatable bonds is 5. The highest BCUT2D eigenvalue weighted by molar-refractivity contribution is 5.50. The first kappa shape index (κ1) is 15.5. The van der Waals surface area contributed by atoms with Gasteiger partial charge in [-0.1, -0.05) is 17.9 Å². The summed E-state index contributed by atoms with van der Waals surface area (Å²) in [4.78, 5) is 0. The van der Waals surface area contributed by atoms with Crippen molar-refractivity contribution in [3.05, 3.63) is 35.4 Å². The first-order chi connectivity index (χ1) is 10.2. The highest BCUT2D eigenvalue weighted by Crippen LogP contribution is 2.24. The molecule has 2 rings (SSSR count). The lowest BCUT2D eigenvalue weighted by molar-refractivity contribution is 0.199. The molecule has 0 saturated heterocycles. The van der Waals surface area contributed by atoms with Gasteiger partial charge in [0.25, 0.3) is 0 Å². The summed E-state index contributed by atoms with van der Waals surface area (Å²) in [5.41, 5.74) is 1.99. The van der Waals surface area contributed by atoms with Crippen LogP contribution in [0.15, 0.2) is 29.8 Å². The normalized spacial score (nSPS) is 14.9. The molecule has 21 heavy (non-hydrogen) atoms. The van der Waals surface area contributed by atoms with Gasteiger partial charge in [0.2, 0.25) is 0 Å². The van der Waals surface area contributed by atoms with Crippen LogP contribution < -0.4 is 9.47 Å². The predicted octanol–water partition coefficient (Wildman–Crippen LogP) is 3.31. The Morgan fingerprint density at radius 2 is 2.14 bits per heavy atom. The van der Waals surface area contributed by atoms with Crippen LogP contribution in [0.4, 0.5) is 0 Å². The largest absolute Gasteiger partial charge is 0.497 e. The van der Waals surface area contributed by atoms with Gasteiger partial charge in [-0.15, -0.1) is 0 Å². The van der Waals surface area contributed by atoms with Gasteiger partial charge in [0.1, 0.15) is 11.5 Å². The molecule has 0 spiro atoms.